The summed E-state index contributed by atoms with van der Waals surface area (Å²) < 4.78 is 14.3. The van der Waals surface area contributed by atoms with Gasteiger partial charge in [0.2, 0.25) is 0 Å². The zero-order chi connectivity index (χ0) is 14.0. The SMILES string of the molecule is CCNC(c1ccc(C)s1)c1c(C)cc(C)cc1F. The molecule has 0 spiro atoms. The summed E-state index contributed by atoms with van der Waals surface area (Å²) in [5, 5.41) is 3.40. The summed E-state index contributed by atoms with van der Waals surface area (Å²) in [6.45, 7) is 8.85. The summed E-state index contributed by atoms with van der Waals surface area (Å²) >= 11 is 1.72. The molecule has 19 heavy (non-hydrogen) atoms. The molecule has 0 amide bonds. The molecule has 1 unspecified atom stereocenters. The Labute approximate surface area is 118 Å². The Morgan fingerprint density at radius 1 is 1.21 bits per heavy atom. The molecule has 1 aromatic carbocycles. The Morgan fingerprint density at radius 2 is 1.95 bits per heavy atom. The van der Waals surface area contributed by atoms with Crippen molar-refractivity contribution in [3.63, 3.8) is 0 Å². The number of nitrogens with one attached hydrogen (secondary N) is 1. The van der Waals surface area contributed by atoms with Gasteiger partial charge >= 0.3 is 0 Å². The van der Waals surface area contributed by atoms with E-state index >= 15 is 0 Å². The van der Waals surface area contributed by atoms with Crippen molar-refractivity contribution in [1.82, 2.24) is 5.32 Å². The first-order valence-electron chi connectivity index (χ1n) is 6.59. The van der Waals surface area contributed by atoms with Gasteiger partial charge in [-0.3, -0.25) is 0 Å². The number of hydrogen-bond acceptors (Lipinski definition) is 2. The first-order chi connectivity index (χ1) is 9.02. The molecule has 0 aliphatic carbocycles. The van der Waals surface area contributed by atoms with Crippen LogP contribution in [-0.4, -0.2) is 6.54 Å². The average Bonchev–Trinajstić information content (AvgIpc) is 2.73. The Bertz CT molecular complexity index is 551. The van der Waals surface area contributed by atoms with Crippen LogP contribution in [0.4, 0.5) is 4.39 Å². The van der Waals surface area contributed by atoms with E-state index in [-0.39, 0.29) is 11.9 Å². The zero-order valence-corrected chi connectivity index (χ0v) is 12.7. The lowest BCUT2D eigenvalue weighted by molar-refractivity contribution is 0.559. The Morgan fingerprint density at radius 3 is 2.47 bits per heavy atom. The van der Waals surface area contributed by atoms with Crippen LogP contribution >= 0.6 is 11.3 Å². The van der Waals surface area contributed by atoms with Gasteiger partial charge in [-0.25, -0.2) is 4.39 Å². The second-order valence-corrected chi connectivity index (χ2v) is 6.24. The number of hydrogen-bond donors (Lipinski definition) is 1. The lowest BCUT2D eigenvalue weighted by atomic mass is 9.97. The monoisotopic (exact) mass is 277 g/mol. The lowest BCUT2D eigenvalue weighted by Gasteiger charge is -2.20. The topological polar surface area (TPSA) is 12.0 Å². The third-order valence-corrected chi connectivity index (χ3v) is 4.29. The van der Waals surface area contributed by atoms with E-state index < -0.39 is 0 Å². The van der Waals surface area contributed by atoms with Gasteiger partial charge in [-0.2, -0.15) is 0 Å². The van der Waals surface area contributed by atoms with Gasteiger partial charge in [0.05, 0.1) is 6.04 Å². The first kappa shape index (κ1) is 14.2. The molecule has 102 valence electrons. The summed E-state index contributed by atoms with van der Waals surface area (Å²) in [5.41, 5.74) is 2.75. The van der Waals surface area contributed by atoms with Gasteiger partial charge < -0.3 is 5.32 Å². The van der Waals surface area contributed by atoms with Crippen LogP contribution in [0.1, 0.15) is 39.4 Å². The van der Waals surface area contributed by atoms with E-state index in [0.29, 0.717) is 0 Å². The van der Waals surface area contributed by atoms with Crippen LogP contribution in [0.5, 0.6) is 0 Å². The van der Waals surface area contributed by atoms with Crippen molar-refractivity contribution in [2.45, 2.75) is 33.7 Å². The predicted molar refractivity (Wildman–Crippen MR) is 80.4 cm³/mol. The third-order valence-electron chi connectivity index (χ3n) is 3.22. The quantitative estimate of drug-likeness (QED) is 0.867. The van der Waals surface area contributed by atoms with Crippen molar-refractivity contribution in [2.24, 2.45) is 0 Å². The van der Waals surface area contributed by atoms with Crippen LogP contribution < -0.4 is 5.32 Å². The van der Waals surface area contributed by atoms with Crippen LogP contribution in [0, 0.1) is 26.6 Å². The fourth-order valence-electron chi connectivity index (χ4n) is 2.45. The molecule has 1 aromatic heterocycles. The highest BCUT2D eigenvalue weighted by molar-refractivity contribution is 7.12. The lowest BCUT2D eigenvalue weighted by Crippen LogP contribution is -2.23. The molecule has 0 bridgehead atoms. The fraction of sp³-hybridized carbons (Fsp3) is 0.375. The van der Waals surface area contributed by atoms with E-state index in [0.717, 1.165) is 23.2 Å². The molecule has 1 N–H and O–H groups in total. The molecule has 2 aromatic rings. The van der Waals surface area contributed by atoms with Gasteiger partial charge in [-0.05, 0) is 56.6 Å². The largest absolute Gasteiger partial charge is 0.306 e. The van der Waals surface area contributed by atoms with Crippen molar-refractivity contribution < 1.29 is 4.39 Å². The molecule has 1 atom stereocenters. The molecule has 1 nitrogen and oxygen atoms in total. The van der Waals surface area contributed by atoms with Crippen LogP contribution in [0.2, 0.25) is 0 Å². The maximum Gasteiger partial charge on any atom is 0.128 e. The van der Waals surface area contributed by atoms with Crippen molar-refractivity contribution in [1.29, 1.82) is 0 Å². The van der Waals surface area contributed by atoms with Crippen LogP contribution in [-0.2, 0) is 0 Å². The standard InChI is InChI=1S/C16H20FNS/c1-5-18-16(14-7-6-12(4)19-14)15-11(3)8-10(2)9-13(15)17/h6-9,16,18H,5H2,1-4H3. The molecular weight excluding hydrogens is 257 g/mol. The molecule has 0 radical (unpaired) electrons. The van der Waals surface area contributed by atoms with Crippen LogP contribution in [0.25, 0.3) is 0 Å². The number of rotatable bonds is 4. The number of thiophene rings is 1. The molecule has 0 saturated carbocycles. The second-order valence-electron chi connectivity index (χ2n) is 4.92. The summed E-state index contributed by atoms with van der Waals surface area (Å²) in [6, 6.07) is 7.79. The average molecular weight is 277 g/mol. The molecule has 3 heteroatoms. The van der Waals surface area contributed by atoms with Gasteiger partial charge in [-0.1, -0.05) is 13.0 Å². The van der Waals surface area contributed by atoms with E-state index in [1.165, 1.54) is 9.75 Å². The minimum atomic E-state index is -0.116. The molecule has 0 saturated heterocycles. The summed E-state index contributed by atoms with van der Waals surface area (Å²) in [7, 11) is 0. The molecule has 1 heterocycles. The second kappa shape index (κ2) is 5.85. The molecular formula is C16H20FNS. The Balaban J connectivity index is 2.51. The number of benzene rings is 1. The molecule has 0 aliphatic heterocycles. The van der Waals surface area contributed by atoms with Crippen LogP contribution in [0.3, 0.4) is 0 Å². The number of aryl methyl sites for hydroxylation is 3. The van der Waals surface area contributed by atoms with Gasteiger partial charge in [-0.15, -0.1) is 11.3 Å². The van der Waals surface area contributed by atoms with E-state index in [1.54, 1.807) is 17.4 Å². The maximum absolute atomic E-state index is 14.3. The Kier molecular flexibility index (Phi) is 4.38. The minimum Gasteiger partial charge on any atom is -0.306 e. The van der Waals surface area contributed by atoms with E-state index in [1.807, 2.05) is 19.9 Å². The first-order valence-corrected chi connectivity index (χ1v) is 7.41. The fourth-order valence-corrected chi connectivity index (χ4v) is 3.41. The van der Waals surface area contributed by atoms with Gasteiger partial charge in [0.15, 0.2) is 0 Å². The summed E-state index contributed by atoms with van der Waals surface area (Å²) in [5.74, 6) is -0.116. The maximum atomic E-state index is 14.3. The highest BCUT2D eigenvalue weighted by Crippen LogP contribution is 2.32. The minimum absolute atomic E-state index is 0.0516. The predicted octanol–water partition coefficient (Wildman–Crippen LogP) is 4.51. The van der Waals surface area contributed by atoms with Gasteiger partial charge in [0.25, 0.3) is 0 Å². The van der Waals surface area contributed by atoms with Gasteiger partial charge in [0, 0.05) is 15.3 Å². The molecule has 0 aliphatic rings. The number of halogens is 1. The Hall–Kier alpha value is -1.19. The highest BCUT2D eigenvalue weighted by atomic mass is 32.1. The van der Waals surface area contributed by atoms with Crippen LogP contribution in [0.15, 0.2) is 24.3 Å². The molecule has 2 rings (SSSR count). The smallest absolute Gasteiger partial charge is 0.128 e. The van der Waals surface area contributed by atoms with E-state index in [9.17, 15) is 4.39 Å². The van der Waals surface area contributed by atoms with E-state index in [4.69, 9.17) is 0 Å². The van der Waals surface area contributed by atoms with E-state index in [2.05, 4.69) is 31.3 Å². The van der Waals surface area contributed by atoms with Crippen molar-refractivity contribution in [3.8, 4) is 0 Å². The van der Waals surface area contributed by atoms with Crippen molar-refractivity contribution >= 4 is 11.3 Å². The summed E-state index contributed by atoms with van der Waals surface area (Å²) in [4.78, 5) is 2.42. The molecule has 0 fully saturated rings. The van der Waals surface area contributed by atoms with Gasteiger partial charge in [0.1, 0.15) is 5.82 Å². The summed E-state index contributed by atoms with van der Waals surface area (Å²) in [6.07, 6.45) is 0. The zero-order valence-electron chi connectivity index (χ0n) is 11.9. The third kappa shape index (κ3) is 3.04. The van der Waals surface area contributed by atoms with Crippen molar-refractivity contribution in [2.75, 3.05) is 6.54 Å². The highest BCUT2D eigenvalue weighted by Gasteiger charge is 2.20. The van der Waals surface area contributed by atoms with Crippen molar-refractivity contribution in [3.05, 3.63) is 56.5 Å². The normalized spacial score (nSPS) is 12.7.